The molecule has 0 aliphatic carbocycles. The van der Waals surface area contributed by atoms with Gasteiger partial charge in [-0.25, -0.2) is 8.42 Å². The molecule has 0 radical (unpaired) electrons. The van der Waals surface area contributed by atoms with Crippen LogP contribution in [0.5, 0.6) is 0 Å². The molecular formula is C16H13F3N2O3S. The Balaban J connectivity index is 1.79. The van der Waals surface area contributed by atoms with E-state index < -0.39 is 38.2 Å². The lowest BCUT2D eigenvalue weighted by molar-refractivity contribution is -0.137. The third kappa shape index (κ3) is 2.14. The summed E-state index contributed by atoms with van der Waals surface area (Å²) < 4.78 is 72.2. The molecule has 2 saturated heterocycles. The van der Waals surface area contributed by atoms with E-state index in [0.29, 0.717) is 0 Å². The summed E-state index contributed by atoms with van der Waals surface area (Å²) in [6.45, 7) is 1.73. The lowest BCUT2D eigenvalue weighted by Crippen LogP contribution is -2.42. The summed E-state index contributed by atoms with van der Waals surface area (Å²) in [6, 6.07) is 4.47. The van der Waals surface area contributed by atoms with Crippen LogP contribution in [-0.4, -0.2) is 31.9 Å². The fourth-order valence-corrected chi connectivity index (χ4v) is 6.54. The number of rotatable bonds is 1. The summed E-state index contributed by atoms with van der Waals surface area (Å²) >= 11 is 0. The molecule has 0 aromatic heterocycles. The predicted octanol–water partition coefficient (Wildman–Crippen LogP) is 2.44. The van der Waals surface area contributed by atoms with Crippen LogP contribution in [0.25, 0.3) is 0 Å². The first-order valence-corrected chi connectivity index (χ1v) is 9.08. The van der Waals surface area contributed by atoms with Gasteiger partial charge in [-0.1, -0.05) is 12.2 Å². The molecule has 0 amide bonds. The van der Waals surface area contributed by atoms with E-state index in [4.69, 9.17) is 10.00 Å². The minimum atomic E-state index is -4.74. The molecule has 0 saturated carbocycles. The predicted molar refractivity (Wildman–Crippen MR) is 82.1 cm³/mol. The van der Waals surface area contributed by atoms with Gasteiger partial charge in [0.2, 0.25) is 10.0 Å². The molecule has 25 heavy (non-hydrogen) atoms. The highest BCUT2D eigenvalue weighted by atomic mass is 32.2. The van der Waals surface area contributed by atoms with Crippen molar-refractivity contribution in [1.29, 1.82) is 5.26 Å². The highest BCUT2D eigenvalue weighted by Crippen LogP contribution is 2.51. The van der Waals surface area contributed by atoms with E-state index in [2.05, 4.69) is 0 Å². The van der Waals surface area contributed by atoms with Crippen molar-refractivity contribution >= 4 is 15.7 Å². The van der Waals surface area contributed by atoms with Gasteiger partial charge in [0.25, 0.3) is 0 Å². The normalized spacial score (nSPS) is 35.0. The molecule has 1 aromatic rings. The zero-order valence-electron chi connectivity index (χ0n) is 13.0. The number of nitrogens with zero attached hydrogens (tertiary/aromatic N) is 2. The highest BCUT2D eigenvalue weighted by Gasteiger charge is 2.65. The second-order valence-corrected chi connectivity index (χ2v) is 8.60. The molecule has 9 heteroatoms. The summed E-state index contributed by atoms with van der Waals surface area (Å²) in [7, 11) is -3.88. The van der Waals surface area contributed by atoms with Gasteiger partial charge in [-0.15, -0.1) is 0 Å². The van der Waals surface area contributed by atoms with Crippen molar-refractivity contribution in [2.24, 2.45) is 5.92 Å². The molecule has 132 valence electrons. The fraction of sp³-hybridized carbons (Fsp3) is 0.438. The van der Waals surface area contributed by atoms with Crippen LogP contribution in [0.4, 0.5) is 18.9 Å². The van der Waals surface area contributed by atoms with E-state index in [0.717, 1.165) is 16.4 Å². The van der Waals surface area contributed by atoms with Gasteiger partial charge in [0.1, 0.15) is 10.9 Å². The van der Waals surface area contributed by atoms with Crippen LogP contribution >= 0.6 is 0 Å². The number of hydrogen-bond donors (Lipinski definition) is 0. The summed E-state index contributed by atoms with van der Waals surface area (Å²) in [6.07, 6.45) is -1.58. The number of alkyl halides is 3. The Hall–Kier alpha value is -2.05. The monoisotopic (exact) mass is 370 g/mol. The zero-order chi connectivity index (χ0) is 18.2. The molecule has 2 fully saturated rings. The quantitative estimate of drug-likeness (QED) is 0.712. The molecule has 3 heterocycles. The minimum absolute atomic E-state index is 0.0563. The standard InChI is InChI=1S/C16H13F3N2O3S/c1-15-5-4-13(24-15)11-8-21(25(22,23)14(11)15)10-3-2-9(7-20)12(6-10)16(17,18)19/h2-6,11,13-14H,8H2,1H3/t11-,13+,14-,15-/m1/s1. The molecular weight excluding hydrogens is 357 g/mol. The zero-order valence-corrected chi connectivity index (χ0v) is 13.8. The number of anilines is 1. The lowest BCUT2D eigenvalue weighted by atomic mass is 9.87. The fourth-order valence-electron chi connectivity index (χ4n) is 4.07. The minimum Gasteiger partial charge on any atom is -0.362 e. The highest BCUT2D eigenvalue weighted by molar-refractivity contribution is 7.93. The van der Waals surface area contributed by atoms with E-state index in [9.17, 15) is 21.6 Å². The topological polar surface area (TPSA) is 70.4 Å². The average molecular weight is 370 g/mol. The van der Waals surface area contributed by atoms with Gasteiger partial charge < -0.3 is 4.74 Å². The molecule has 1 aromatic carbocycles. The Bertz CT molecular complexity index is 935. The smallest absolute Gasteiger partial charge is 0.362 e. The molecule has 0 spiro atoms. The Kier molecular flexibility index (Phi) is 3.13. The molecule has 5 nitrogen and oxygen atoms in total. The van der Waals surface area contributed by atoms with Crippen molar-refractivity contribution in [3.05, 3.63) is 41.5 Å². The van der Waals surface area contributed by atoms with E-state index in [1.807, 2.05) is 0 Å². The van der Waals surface area contributed by atoms with Crippen LogP contribution in [-0.2, 0) is 20.9 Å². The molecule has 3 aliphatic rings. The number of hydrogen-bond acceptors (Lipinski definition) is 4. The lowest BCUT2D eigenvalue weighted by Gasteiger charge is -2.27. The van der Waals surface area contributed by atoms with Crippen LogP contribution < -0.4 is 4.31 Å². The Morgan fingerprint density at radius 2 is 2.12 bits per heavy atom. The van der Waals surface area contributed by atoms with Gasteiger partial charge in [-0.2, -0.15) is 18.4 Å². The number of fused-ring (bicyclic) bond motifs is 5. The van der Waals surface area contributed by atoms with E-state index in [1.54, 1.807) is 19.1 Å². The molecule has 0 unspecified atom stereocenters. The summed E-state index contributed by atoms with van der Waals surface area (Å²) in [5.74, 6) is -0.329. The second-order valence-electron chi connectivity index (χ2n) is 6.63. The van der Waals surface area contributed by atoms with Crippen LogP contribution in [0, 0.1) is 17.2 Å². The molecule has 4 atom stereocenters. The van der Waals surface area contributed by atoms with Gasteiger partial charge in [0.05, 0.1) is 29.0 Å². The van der Waals surface area contributed by atoms with E-state index in [-0.39, 0.29) is 24.3 Å². The Morgan fingerprint density at radius 3 is 2.72 bits per heavy atom. The van der Waals surface area contributed by atoms with Crippen LogP contribution in [0.1, 0.15) is 18.1 Å². The number of halogens is 3. The largest absolute Gasteiger partial charge is 0.417 e. The van der Waals surface area contributed by atoms with E-state index >= 15 is 0 Å². The third-order valence-electron chi connectivity index (χ3n) is 5.10. The van der Waals surface area contributed by atoms with E-state index in [1.165, 1.54) is 12.1 Å². The van der Waals surface area contributed by atoms with Crippen LogP contribution in [0.15, 0.2) is 30.4 Å². The molecule has 0 N–H and O–H groups in total. The Morgan fingerprint density at radius 1 is 1.40 bits per heavy atom. The maximum absolute atomic E-state index is 13.2. The molecule has 3 aliphatic heterocycles. The first-order valence-electron chi connectivity index (χ1n) is 7.58. The van der Waals surface area contributed by atoms with Crippen LogP contribution in [0.3, 0.4) is 0 Å². The van der Waals surface area contributed by atoms with Gasteiger partial charge in [-0.3, -0.25) is 4.31 Å². The maximum atomic E-state index is 13.2. The number of nitriles is 1. The first-order chi connectivity index (χ1) is 11.6. The number of sulfonamides is 1. The van der Waals surface area contributed by atoms with Crippen molar-refractivity contribution in [1.82, 2.24) is 0 Å². The number of benzene rings is 1. The summed E-state index contributed by atoms with van der Waals surface area (Å²) in [4.78, 5) is 0. The second kappa shape index (κ2) is 4.77. The SMILES string of the molecule is C[C@]12C=C[C@H](O1)[C@H]1CN(c3ccc(C#N)c(C(F)(F)F)c3)S(=O)(=O)[C@H]12. The van der Waals surface area contributed by atoms with Crippen LogP contribution in [0.2, 0.25) is 0 Å². The Labute approximate surface area is 142 Å². The van der Waals surface area contributed by atoms with Gasteiger partial charge in [0, 0.05) is 12.5 Å². The molecule has 2 bridgehead atoms. The summed E-state index contributed by atoms with van der Waals surface area (Å²) in [5.41, 5.74) is -2.71. The van der Waals surface area contributed by atoms with Gasteiger partial charge in [0.15, 0.2) is 0 Å². The average Bonchev–Trinajstić information content (AvgIpc) is 3.13. The van der Waals surface area contributed by atoms with Gasteiger partial charge in [-0.05, 0) is 25.1 Å². The van der Waals surface area contributed by atoms with Gasteiger partial charge >= 0.3 is 6.18 Å². The summed E-state index contributed by atoms with van der Waals surface area (Å²) in [5, 5.41) is 8.06. The van der Waals surface area contributed by atoms with Crippen molar-refractivity contribution in [3.63, 3.8) is 0 Å². The number of ether oxygens (including phenoxy) is 1. The van der Waals surface area contributed by atoms with Crippen molar-refractivity contribution in [2.45, 2.75) is 30.1 Å². The van der Waals surface area contributed by atoms with Crippen molar-refractivity contribution in [2.75, 3.05) is 10.8 Å². The van der Waals surface area contributed by atoms with Crippen molar-refractivity contribution < 1.29 is 26.3 Å². The molecule has 4 rings (SSSR count). The third-order valence-corrected chi connectivity index (χ3v) is 7.54. The van der Waals surface area contributed by atoms with Crippen molar-refractivity contribution in [3.8, 4) is 6.07 Å². The first kappa shape index (κ1) is 16.4. The maximum Gasteiger partial charge on any atom is 0.417 e.